The van der Waals surface area contributed by atoms with Crippen LogP contribution < -0.4 is 4.90 Å². The molecule has 0 radical (unpaired) electrons. The van der Waals surface area contributed by atoms with Crippen LogP contribution in [0.5, 0.6) is 0 Å². The van der Waals surface area contributed by atoms with Crippen molar-refractivity contribution in [2.75, 3.05) is 10.7 Å². The molecule has 0 fully saturated rings. The summed E-state index contributed by atoms with van der Waals surface area (Å²) in [7, 11) is 1.74. The van der Waals surface area contributed by atoms with Crippen LogP contribution in [0.3, 0.4) is 0 Å². The summed E-state index contributed by atoms with van der Waals surface area (Å²) in [5.74, 6) is -1.33. The highest BCUT2D eigenvalue weighted by Gasteiger charge is 2.47. The van der Waals surface area contributed by atoms with Gasteiger partial charge < -0.3 is 0 Å². The van der Waals surface area contributed by atoms with Crippen molar-refractivity contribution in [1.82, 2.24) is 20.2 Å². The molecule has 0 spiro atoms. The van der Waals surface area contributed by atoms with E-state index in [1.54, 1.807) is 11.7 Å². The minimum absolute atomic E-state index is 0.129. The Bertz CT molecular complexity index is 965. The first-order valence-electron chi connectivity index (χ1n) is 7.59. The van der Waals surface area contributed by atoms with Crippen molar-refractivity contribution >= 4 is 34.7 Å². The number of hydrogen-bond acceptors (Lipinski definition) is 6. The average Bonchev–Trinajstić information content (AvgIpc) is 3.06. The third-order valence-electron chi connectivity index (χ3n) is 4.33. The van der Waals surface area contributed by atoms with Gasteiger partial charge in [0.25, 0.3) is 11.7 Å². The molecule has 1 amide bonds. The van der Waals surface area contributed by atoms with E-state index in [9.17, 15) is 14.0 Å². The van der Waals surface area contributed by atoms with Crippen molar-refractivity contribution in [1.29, 1.82) is 0 Å². The summed E-state index contributed by atoms with van der Waals surface area (Å²) in [5, 5.41) is 11.9. The molecule has 0 bridgehead atoms. The number of ketones is 1. The first-order valence-corrected chi connectivity index (χ1v) is 8.58. The molecule has 0 unspecified atom stereocenters. The molecular formula is C16H14FN5O2S. The van der Waals surface area contributed by atoms with Gasteiger partial charge in [-0.25, -0.2) is 9.07 Å². The number of anilines is 1. The van der Waals surface area contributed by atoms with Crippen molar-refractivity contribution in [3.05, 3.63) is 35.2 Å². The van der Waals surface area contributed by atoms with E-state index in [1.165, 1.54) is 22.7 Å². The molecule has 2 aliphatic heterocycles. The molecule has 0 saturated heterocycles. The zero-order valence-corrected chi connectivity index (χ0v) is 14.6. The highest BCUT2D eigenvalue weighted by molar-refractivity contribution is 7.99. The molecule has 1 aromatic heterocycles. The molecule has 0 saturated carbocycles. The Kier molecular flexibility index (Phi) is 3.33. The maximum atomic E-state index is 14.1. The van der Waals surface area contributed by atoms with Gasteiger partial charge >= 0.3 is 0 Å². The van der Waals surface area contributed by atoms with E-state index in [0.29, 0.717) is 22.2 Å². The van der Waals surface area contributed by atoms with Crippen LogP contribution in [0.25, 0.3) is 5.57 Å². The normalized spacial score (nSPS) is 17.8. The number of benzene rings is 1. The maximum Gasteiger partial charge on any atom is 0.300 e. The summed E-state index contributed by atoms with van der Waals surface area (Å²) in [6.07, 6.45) is 1.89. The van der Waals surface area contributed by atoms with E-state index in [4.69, 9.17) is 0 Å². The Labute approximate surface area is 146 Å². The summed E-state index contributed by atoms with van der Waals surface area (Å²) >= 11 is 1.41. The lowest BCUT2D eigenvalue weighted by molar-refractivity contribution is -0.115. The fraction of sp³-hybridized carbons (Fsp3) is 0.312. The smallest absolute Gasteiger partial charge is 0.295 e. The Hall–Kier alpha value is -2.55. The van der Waals surface area contributed by atoms with Crippen LogP contribution in [0, 0.1) is 5.82 Å². The van der Waals surface area contributed by atoms with Gasteiger partial charge in [-0.2, -0.15) is 0 Å². The van der Waals surface area contributed by atoms with Gasteiger partial charge in [0.2, 0.25) is 5.16 Å². The van der Waals surface area contributed by atoms with Crippen LogP contribution in [0.15, 0.2) is 23.4 Å². The number of carbonyl (C=O) groups is 2. The van der Waals surface area contributed by atoms with Gasteiger partial charge in [-0.15, -0.1) is 5.10 Å². The topological polar surface area (TPSA) is 81.0 Å². The van der Waals surface area contributed by atoms with Gasteiger partial charge in [0, 0.05) is 18.4 Å². The van der Waals surface area contributed by atoms with Gasteiger partial charge in [0.05, 0.1) is 16.8 Å². The van der Waals surface area contributed by atoms with Gasteiger partial charge in [-0.3, -0.25) is 14.5 Å². The van der Waals surface area contributed by atoms with Crippen molar-refractivity contribution < 1.29 is 14.0 Å². The number of Topliss-reactive ketones (excluding diaryl/α,β-unsaturated/α-hetero) is 1. The highest BCUT2D eigenvalue weighted by Crippen LogP contribution is 2.46. The van der Waals surface area contributed by atoms with Gasteiger partial charge in [0.15, 0.2) is 0 Å². The molecule has 128 valence electrons. The lowest BCUT2D eigenvalue weighted by atomic mass is 9.89. The lowest BCUT2D eigenvalue weighted by Gasteiger charge is -2.38. The SMILES string of the molecule is Cn1nnnc1SCC1=CC(C)(C)N2C(=O)C(=O)c3cc(F)cc1c32. The van der Waals surface area contributed by atoms with Gasteiger partial charge in [-0.1, -0.05) is 17.8 Å². The number of hydrogen-bond donors (Lipinski definition) is 0. The number of carbonyl (C=O) groups excluding carboxylic acids is 2. The Morgan fingerprint density at radius 3 is 2.64 bits per heavy atom. The monoisotopic (exact) mass is 359 g/mol. The molecule has 0 aliphatic carbocycles. The lowest BCUT2D eigenvalue weighted by Crippen LogP contribution is -2.47. The maximum absolute atomic E-state index is 14.1. The number of nitrogens with zero attached hydrogens (tertiary/aromatic N) is 5. The van der Waals surface area contributed by atoms with E-state index in [2.05, 4.69) is 15.5 Å². The Morgan fingerprint density at radius 1 is 1.24 bits per heavy atom. The number of aryl methyl sites for hydroxylation is 1. The third-order valence-corrected chi connectivity index (χ3v) is 5.39. The van der Waals surface area contributed by atoms with Crippen LogP contribution in [-0.2, 0) is 11.8 Å². The number of thioether (sulfide) groups is 1. The molecule has 2 aromatic rings. The first-order chi connectivity index (χ1) is 11.8. The predicted molar refractivity (Wildman–Crippen MR) is 89.8 cm³/mol. The summed E-state index contributed by atoms with van der Waals surface area (Å²) in [6, 6.07) is 2.51. The minimum Gasteiger partial charge on any atom is -0.295 e. The molecule has 0 atom stereocenters. The first kappa shape index (κ1) is 15.9. The molecule has 25 heavy (non-hydrogen) atoms. The van der Waals surface area contributed by atoms with E-state index >= 15 is 0 Å². The minimum atomic E-state index is -0.684. The van der Waals surface area contributed by atoms with Gasteiger partial charge in [0.1, 0.15) is 5.82 Å². The average molecular weight is 359 g/mol. The van der Waals surface area contributed by atoms with E-state index in [0.717, 1.165) is 11.6 Å². The molecule has 2 aliphatic rings. The molecule has 9 heteroatoms. The summed E-state index contributed by atoms with van der Waals surface area (Å²) < 4.78 is 15.6. The summed E-state index contributed by atoms with van der Waals surface area (Å²) in [6.45, 7) is 3.71. The molecule has 4 rings (SSSR count). The third kappa shape index (κ3) is 2.30. The Morgan fingerprint density at radius 2 is 1.96 bits per heavy atom. The quantitative estimate of drug-likeness (QED) is 0.614. The second kappa shape index (κ2) is 5.22. The number of rotatable bonds is 3. The highest BCUT2D eigenvalue weighted by atomic mass is 32.2. The van der Waals surface area contributed by atoms with E-state index in [-0.39, 0.29) is 5.56 Å². The second-order valence-electron chi connectivity index (χ2n) is 6.52. The molecule has 1 aromatic carbocycles. The molecule has 7 nitrogen and oxygen atoms in total. The predicted octanol–water partition coefficient (Wildman–Crippen LogP) is 1.85. The van der Waals surface area contributed by atoms with Crippen molar-refractivity contribution in [3.63, 3.8) is 0 Å². The van der Waals surface area contributed by atoms with Gasteiger partial charge in [-0.05, 0) is 42.0 Å². The largest absolute Gasteiger partial charge is 0.300 e. The van der Waals surface area contributed by atoms with E-state index < -0.39 is 23.0 Å². The molecule has 0 N–H and O–H groups in total. The second-order valence-corrected chi connectivity index (χ2v) is 7.46. The zero-order valence-electron chi connectivity index (χ0n) is 13.8. The molecule has 3 heterocycles. The molecular weight excluding hydrogens is 345 g/mol. The standard InChI is InChI=1S/C16H14FN5O2S/c1-16(2)6-8(7-25-15-18-19-20-21(15)3)10-4-9(17)5-11-12(10)22(16)14(24)13(11)23/h4-6H,7H2,1-3H3. The van der Waals surface area contributed by atoms with Crippen LogP contribution in [0.4, 0.5) is 10.1 Å². The fourth-order valence-corrected chi connectivity index (χ4v) is 4.14. The van der Waals surface area contributed by atoms with Crippen molar-refractivity contribution in [2.45, 2.75) is 24.5 Å². The number of halogens is 1. The Balaban J connectivity index is 1.81. The van der Waals surface area contributed by atoms with Crippen LogP contribution in [-0.4, -0.2) is 43.2 Å². The van der Waals surface area contributed by atoms with Crippen molar-refractivity contribution in [2.24, 2.45) is 7.05 Å². The van der Waals surface area contributed by atoms with Crippen LogP contribution >= 0.6 is 11.8 Å². The van der Waals surface area contributed by atoms with Crippen LogP contribution in [0.2, 0.25) is 0 Å². The van der Waals surface area contributed by atoms with E-state index in [1.807, 2.05) is 19.9 Å². The number of tetrazole rings is 1. The fourth-order valence-electron chi connectivity index (χ4n) is 3.30. The van der Waals surface area contributed by atoms with Crippen molar-refractivity contribution in [3.8, 4) is 0 Å². The van der Waals surface area contributed by atoms with Crippen LogP contribution in [0.1, 0.15) is 29.8 Å². The summed E-state index contributed by atoms with van der Waals surface area (Å²) in [4.78, 5) is 26.1. The number of amides is 1. The number of aromatic nitrogens is 4. The zero-order chi connectivity index (χ0) is 17.9. The summed E-state index contributed by atoms with van der Waals surface area (Å²) in [5.41, 5.74) is 1.35.